The smallest absolute Gasteiger partial charge is 0.323 e. The van der Waals surface area contributed by atoms with Crippen molar-refractivity contribution in [1.29, 1.82) is 0 Å². The first kappa shape index (κ1) is 34.4. The highest BCUT2D eigenvalue weighted by molar-refractivity contribution is 8.23. The van der Waals surface area contributed by atoms with Crippen LogP contribution in [0.1, 0.15) is 0 Å². The first-order valence-corrected chi connectivity index (χ1v) is 18.8. The van der Waals surface area contributed by atoms with E-state index in [4.69, 9.17) is 5.11 Å². The van der Waals surface area contributed by atoms with Crippen LogP contribution >= 0.6 is 46.2 Å². The average molecular weight is 763 g/mol. The number of amides is 2. The quantitative estimate of drug-likeness (QED) is 0.216. The monoisotopic (exact) mass is 762 g/mol. The number of allylic oxidation sites excluding steroid dienone is 1. The largest absolute Gasteiger partial charge is 0.480 e. The van der Waals surface area contributed by atoms with Crippen LogP contribution in [-0.2, 0) is 37.6 Å². The molecule has 2 aliphatic heterocycles. The topological polar surface area (TPSA) is 214 Å². The van der Waals surface area contributed by atoms with Gasteiger partial charge in [0.25, 0.3) is 32.4 Å². The van der Waals surface area contributed by atoms with E-state index in [2.05, 4.69) is 0 Å². The number of carboxylic acids is 2. The van der Waals surface area contributed by atoms with Gasteiger partial charge in [-0.1, -0.05) is 42.1 Å². The molecule has 1 fully saturated rings. The number of carbonyl (C=O) groups excluding carboxylic acids is 2. The fourth-order valence-electron chi connectivity index (χ4n) is 5.09. The van der Waals surface area contributed by atoms with Gasteiger partial charge in [-0.25, -0.2) is 0 Å². The van der Waals surface area contributed by atoms with Crippen LogP contribution in [0.2, 0.25) is 0 Å². The predicted molar refractivity (Wildman–Crippen MR) is 185 cm³/mol. The molecule has 0 aliphatic carbocycles. The van der Waals surface area contributed by atoms with E-state index < -0.39 is 69.7 Å². The summed E-state index contributed by atoms with van der Waals surface area (Å²) in [6, 6.07) is 11.9. The Morgan fingerprint density at radius 2 is 1.57 bits per heavy atom. The molecule has 2 aliphatic rings. The second kappa shape index (κ2) is 13.1. The lowest BCUT2D eigenvalue weighted by molar-refractivity contribution is -0.140. The van der Waals surface area contributed by atoms with Gasteiger partial charge in [0.1, 0.15) is 31.9 Å². The Bertz CT molecular complexity index is 2620. The number of fused-ring (bicyclic) bond motifs is 3. The lowest BCUT2D eigenvalue weighted by Gasteiger charge is -2.13. The molecule has 1 saturated heterocycles. The predicted octanol–water partition coefficient (Wildman–Crippen LogP) is 1.30. The van der Waals surface area contributed by atoms with Crippen molar-refractivity contribution >= 4 is 107 Å². The molecule has 254 valence electrons. The number of imide groups is 1. The van der Waals surface area contributed by atoms with Gasteiger partial charge in [0.15, 0.2) is 0 Å². The van der Waals surface area contributed by atoms with Gasteiger partial charge in [-0.05, 0) is 40.8 Å². The van der Waals surface area contributed by atoms with Crippen molar-refractivity contribution in [3.63, 3.8) is 0 Å². The molecule has 49 heavy (non-hydrogen) atoms. The molecule has 0 saturated carbocycles. The molecule has 4 aromatic rings. The Hall–Kier alpha value is -4.47. The molecule has 0 bridgehead atoms. The molecule has 2 aromatic carbocycles. The fraction of sp³-hybridized carbons (Fsp3) is 0.172. The number of anilines is 1. The van der Waals surface area contributed by atoms with E-state index >= 15 is 0 Å². The summed E-state index contributed by atoms with van der Waals surface area (Å²) < 4.78 is 34.0. The van der Waals surface area contributed by atoms with Crippen molar-refractivity contribution in [3.8, 4) is 0 Å². The van der Waals surface area contributed by atoms with E-state index in [1.54, 1.807) is 6.08 Å². The van der Waals surface area contributed by atoms with Crippen LogP contribution in [0.3, 0.4) is 0 Å². The second-order valence-electron chi connectivity index (χ2n) is 10.5. The van der Waals surface area contributed by atoms with Crippen molar-refractivity contribution in [1.82, 2.24) is 14.0 Å². The normalized spacial score (nSPS) is 17.9. The highest BCUT2D eigenvalue weighted by atomic mass is 32.2. The first-order valence-electron chi connectivity index (χ1n) is 13.9. The molecule has 4 heterocycles. The van der Waals surface area contributed by atoms with Gasteiger partial charge in [0.2, 0.25) is 0 Å². The van der Waals surface area contributed by atoms with Crippen molar-refractivity contribution in [2.75, 3.05) is 24.2 Å². The van der Waals surface area contributed by atoms with Gasteiger partial charge in [-0.3, -0.25) is 47.4 Å². The maximum atomic E-state index is 13.7. The van der Waals surface area contributed by atoms with Crippen LogP contribution < -0.4 is 25.2 Å². The molecule has 20 heteroatoms. The lowest BCUT2D eigenvalue weighted by atomic mass is 10.1. The molecule has 0 atom stereocenters. The van der Waals surface area contributed by atoms with E-state index in [1.807, 2.05) is 48.3 Å². The first-order chi connectivity index (χ1) is 23.1. The minimum atomic E-state index is -4.57. The lowest BCUT2D eigenvalue weighted by Crippen LogP contribution is -2.35. The molecule has 0 unspecified atom stereocenters. The molecule has 15 nitrogen and oxygen atoms in total. The van der Waals surface area contributed by atoms with Crippen LogP contribution in [0.4, 0.5) is 10.5 Å². The van der Waals surface area contributed by atoms with Gasteiger partial charge < -0.3 is 15.1 Å². The molecular weight excluding hydrogens is 741 g/mol. The number of benzene rings is 2. The molecule has 3 N–H and O–H groups in total. The fourth-order valence-corrected chi connectivity index (χ4v) is 10.0. The second-order valence-corrected chi connectivity index (χ2v) is 16.1. The zero-order valence-corrected chi connectivity index (χ0v) is 29.0. The summed E-state index contributed by atoms with van der Waals surface area (Å²) in [6.07, 6.45) is 3.20. The number of rotatable bonds is 8. The third-order valence-electron chi connectivity index (χ3n) is 7.32. The number of hydrogen-bond donors (Lipinski definition) is 3. The molecule has 0 radical (unpaired) electrons. The van der Waals surface area contributed by atoms with Gasteiger partial charge in [-0.15, -0.1) is 22.7 Å². The standard InChI is InChI=1S/C29H22N4O11S5/c1-30-16-7-6-14-4-2-3-5-15(14)21(16)46-18(30)9-8-17-24(38)31(10-11-49(42,43)44)27(45-17)22-25(39)32(12-19(34)35)28(47-22)23-26(40)33(13-20(36)37)29(41)48-23/h2-9H,10-13H2,1H3,(H,34,35)(H,36,37)(H,42,43,44)/b17-8?,18-9?,27-22+,28-23+. The number of aliphatic carboxylic acids is 2. The molecule has 6 rings (SSSR count). The van der Waals surface area contributed by atoms with Crippen LogP contribution in [0.5, 0.6) is 0 Å². The Morgan fingerprint density at radius 3 is 2.27 bits per heavy atom. The van der Waals surface area contributed by atoms with Gasteiger partial charge in [-0.2, -0.15) is 8.42 Å². The van der Waals surface area contributed by atoms with Crippen molar-refractivity contribution < 1.29 is 42.4 Å². The van der Waals surface area contributed by atoms with E-state index in [9.17, 15) is 46.8 Å². The summed E-state index contributed by atoms with van der Waals surface area (Å²) in [7, 11) is -2.71. The number of aromatic nitrogens is 2. The average Bonchev–Trinajstić information content (AvgIpc) is 3.72. The highest BCUT2D eigenvalue weighted by Gasteiger charge is 2.38. The maximum absolute atomic E-state index is 13.7. The Morgan fingerprint density at radius 1 is 0.857 bits per heavy atom. The van der Waals surface area contributed by atoms with Crippen LogP contribution in [0.15, 0.2) is 62.0 Å². The van der Waals surface area contributed by atoms with Crippen molar-refractivity contribution in [2.24, 2.45) is 0 Å². The van der Waals surface area contributed by atoms with Crippen LogP contribution in [0, 0.1) is 9.20 Å². The van der Waals surface area contributed by atoms with Gasteiger partial charge >= 0.3 is 11.9 Å². The van der Waals surface area contributed by atoms with E-state index in [0.717, 1.165) is 42.3 Å². The Labute approximate surface area is 290 Å². The number of nitrogens with zero attached hydrogens (tertiary/aromatic N) is 4. The summed E-state index contributed by atoms with van der Waals surface area (Å²) in [6.45, 7) is -2.47. The molecular formula is C29H22N4O11S5. The van der Waals surface area contributed by atoms with Gasteiger partial charge in [0, 0.05) is 18.5 Å². The molecule has 2 aromatic heterocycles. The van der Waals surface area contributed by atoms with E-state index in [0.29, 0.717) is 32.6 Å². The summed E-state index contributed by atoms with van der Waals surface area (Å²) >= 11 is 3.21. The number of hydrogen-bond acceptors (Lipinski definition) is 13. The Kier molecular flexibility index (Phi) is 9.19. The number of carboxylic acid groups (broad SMARTS) is 2. The van der Waals surface area contributed by atoms with Gasteiger partial charge in [0.05, 0.1) is 21.0 Å². The Balaban J connectivity index is 1.58. The summed E-state index contributed by atoms with van der Waals surface area (Å²) in [5.74, 6) is -4.88. The number of carbonyl (C=O) groups is 4. The third kappa shape index (κ3) is 6.62. The molecule has 0 spiro atoms. The summed E-state index contributed by atoms with van der Waals surface area (Å²) in [5.41, 5.74) is -0.703. The minimum Gasteiger partial charge on any atom is -0.480 e. The minimum absolute atomic E-state index is 0.0774. The zero-order valence-electron chi connectivity index (χ0n) is 24.9. The van der Waals surface area contributed by atoms with Crippen LogP contribution in [-0.4, -0.2) is 79.6 Å². The summed E-state index contributed by atoms with van der Waals surface area (Å²) in [5, 5.41) is 20.6. The maximum Gasteiger partial charge on any atom is 0.323 e. The summed E-state index contributed by atoms with van der Waals surface area (Å²) in [4.78, 5) is 78.9. The van der Waals surface area contributed by atoms with E-state index in [-0.39, 0.29) is 23.3 Å². The number of thiazole rings is 2. The van der Waals surface area contributed by atoms with Crippen molar-refractivity contribution in [2.45, 2.75) is 18.0 Å². The van der Waals surface area contributed by atoms with Crippen LogP contribution in [0.25, 0.3) is 21.8 Å². The third-order valence-corrected chi connectivity index (χ3v) is 12.8. The van der Waals surface area contributed by atoms with E-state index in [1.165, 1.54) is 17.8 Å². The zero-order chi connectivity index (χ0) is 35.4. The molecule has 2 amide bonds. The van der Waals surface area contributed by atoms with Crippen molar-refractivity contribution in [3.05, 3.63) is 86.6 Å². The SMILES string of the molecule is CN1C(=CC=c2s/c(=c3/s/c(=C4/SC(=O)N(CC(=O)O)C4=O)n(CC(=O)O)c3=O)n(CCS(=O)(=O)O)c2=O)Sc2c1ccc1ccccc21. The number of thioether (sulfide) groups is 2. The highest BCUT2D eigenvalue weighted by Crippen LogP contribution is 2.48.